The number of amides is 2. The van der Waals surface area contributed by atoms with Crippen molar-refractivity contribution in [2.45, 2.75) is 109 Å². The molecule has 2 unspecified atom stereocenters. The fraction of sp³-hybridized carbons (Fsp3) is 0.562. The van der Waals surface area contributed by atoms with Crippen LogP contribution in [0.5, 0.6) is 5.75 Å². The lowest BCUT2D eigenvalue weighted by Gasteiger charge is -2.27. The number of hydrogen-bond donors (Lipinski definition) is 2. The minimum absolute atomic E-state index is 0.0970. The molecule has 6 atom stereocenters. The summed E-state index contributed by atoms with van der Waals surface area (Å²) in [5.41, 5.74) is -2.53. The van der Waals surface area contributed by atoms with Gasteiger partial charge < -0.3 is 28.6 Å². The molecule has 0 aliphatic carbocycles. The molecule has 0 saturated carbocycles. The maximum Gasteiger partial charge on any atom is 0.459 e. The number of carbonyl (C=O) groups is 3. The van der Waals surface area contributed by atoms with E-state index in [-0.39, 0.29) is 22.1 Å². The number of benzene rings is 1. The number of nitrogens with one attached hydrogen (secondary N) is 1. The summed E-state index contributed by atoms with van der Waals surface area (Å²) in [7, 11) is -4.47. The Balaban J connectivity index is 1.67. The van der Waals surface area contributed by atoms with Crippen LogP contribution in [0, 0.1) is 0 Å². The van der Waals surface area contributed by atoms with Crippen LogP contribution in [-0.2, 0) is 32.8 Å². The highest BCUT2D eigenvalue weighted by Gasteiger charge is 2.58. The number of rotatable bonds is 11. The van der Waals surface area contributed by atoms with Gasteiger partial charge >= 0.3 is 25.9 Å². The number of alkyl halides is 2. The lowest BCUT2D eigenvalue weighted by atomic mass is 10.1. The van der Waals surface area contributed by atoms with Gasteiger partial charge in [-0.05, 0) is 74.4 Å². The van der Waals surface area contributed by atoms with E-state index in [9.17, 15) is 24.1 Å². The third kappa shape index (κ3) is 10.5. The van der Waals surface area contributed by atoms with E-state index in [2.05, 4.69) is 20.0 Å². The summed E-state index contributed by atoms with van der Waals surface area (Å²) in [5.74, 6) is -1.29. The average molecular weight is 808 g/mol. The number of aliphatic hydroxyl groups is 1. The molecule has 0 bridgehead atoms. The lowest BCUT2D eigenvalue weighted by molar-refractivity contribution is -0.149. The van der Waals surface area contributed by atoms with Crippen LogP contribution in [0.2, 0.25) is 5.15 Å². The number of aliphatic hydroxyl groups excluding tert-OH is 1. The van der Waals surface area contributed by atoms with Crippen molar-refractivity contribution >= 4 is 66.2 Å². The summed E-state index contributed by atoms with van der Waals surface area (Å²) >= 11 is 12.7. The first-order chi connectivity index (χ1) is 24.4. The van der Waals surface area contributed by atoms with E-state index < -0.39 is 85.4 Å². The van der Waals surface area contributed by atoms with Gasteiger partial charge in [0, 0.05) is 0 Å². The van der Waals surface area contributed by atoms with Crippen molar-refractivity contribution in [1.29, 1.82) is 0 Å². The second-order valence-corrected chi connectivity index (χ2v) is 16.7. The molecule has 1 saturated heterocycles. The van der Waals surface area contributed by atoms with Crippen molar-refractivity contribution in [2.75, 3.05) is 11.5 Å². The Labute approximate surface area is 314 Å². The molecule has 3 aromatic rings. The number of para-hydroxylation sites is 1. The fourth-order valence-electron chi connectivity index (χ4n) is 4.61. The molecule has 4 rings (SSSR count). The van der Waals surface area contributed by atoms with Crippen molar-refractivity contribution in [2.24, 2.45) is 0 Å². The van der Waals surface area contributed by atoms with Crippen LogP contribution < -0.4 is 14.5 Å². The van der Waals surface area contributed by atoms with E-state index in [1.54, 1.807) is 73.6 Å². The first-order valence-electron chi connectivity index (χ1n) is 16.3. The second-order valence-electron chi connectivity index (χ2n) is 14.1. The summed E-state index contributed by atoms with van der Waals surface area (Å²) in [5, 5.41) is 10.0. The molecule has 1 fully saturated rings. The van der Waals surface area contributed by atoms with Gasteiger partial charge in [0.05, 0.1) is 19.0 Å². The molecular weight excluding hydrogens is 765 g/mol. The molecule has 292 valence electrons. The number of nitrogens with zero attached hydrogens (tertiary/aromatic N) is 5. The Hall–Kier alpha value is -3.64. The zero-order chi connectivity index (χ0) is 39.7. The van der Waals surface area contributed by atoms with E-state index >= 15 is 4.39 Å². The zero-order valence-corrected chi connectivity index (χ0v) is 32.8. The highest BCUT2D eigenvalue weighted by molar-refractivity contribution is 7.52. The van der Waals surface area contributed by atoms with Crippen LogP contribution in [0.15, 0.2) is 36.7 Å². The number of imide groups is 1. The molecule has 1 aliphatic rings. The van der Waals surface area contributed by atoms with Gasteiger partial charge in [0.15, 0.2) is 17.0 Å². The van der Waals surface area contributed by atoms with Crippen LogP contribution in [0.25, 0.3) is 11.2 Å². The average Bonchev–Trinajstić information content (AvgIpc) is 3.52. The largest absolute Gasteiger partial charge is 0.462 e. The Morgan fingerprint density at radius 1 is 1.08 bits per heavy atom. The molecule has 0 radical (unpaired) electrons. The Morgan fingerprint density at radius 3 is 2.21 bits per heavy atom. The van der Waals surface area contributed by atoms with Gasteiger partial charge in [0.1, 0.15) is 40.7 Å². The number of ether oxygens (including phenoxy) is 4. The van der Waals surface area contributed by atoms with E-state index in [0.717, 1.165) is 10.9 Å². The number of imidazole rings is 1. The maximum absolute atomic E-state index is 16.3. The van der Waals surface area contributed by atoms with E-state index in [1.807, 2.05) is 0 Å². The SMILES string of the molecule is CC(C)OC(=O)[C@H](C)NP(=O)(OC[C@H]1O[C@@H](n2cnc3c(Cl)nc(N(C(=O)OC(C)(C)C)C(=O)OC(C)(C)C)nc32)C(F)(Cl)[C@H]1O)Oc1ccccc1. The number of hydrogen-bond acceptors (Lipinski definition) is 14. The van der Waals surface area contributed by atoms with E-state index in [4.69, 9.17) is 51.2 Å². The first-order valence-corrected chi connectivity index (χ1v) is 18.6. The summed E-state index contributed by atoms with van der Waals surface area (Å²) in [6, 6.07) is 6.66. The first kappa shape index (κ1) is 42.1. The van der Waals surface area contributed by atoms with Crippen molar-refractivity contribution in [3.8, 4) is 5.75 Å². The predicted octanol–water partition coefficient (Wildman–Crippen LogP) is 6.45. The molecule has 0 spiro atoms. The van der Waals surface area contributed by atoms with Gasteiger partial charge in [0.2, 0.25) is 5.95 Å². The second kappa shape index (κ2) is 16.0. The summed E-state index contributed by atoms with van der Waals surface area (Å²) in [6.45, 7) is 13.3. The molecule has 17 nitrogen and oxygen atoms in total. The zero-order valence-electron chi connectivity index (χ0n) is 30.4. The minimum atomic E-state index is -4.47. The quantitative estimate of drug-likeness (QED) is 0.0703. The Bertz CT molecular complexity index is 1830. The normalized spacial score (nSPS) is 22.3. The Kier molecular flexibility index (Phi) is 12.7. The van der Waals surface area contributed by atoms with E-state index in [0.29, 0.717) is 4.90 Å². The van der Waals surface area contributed by atoms with Crippen molar-refractivity contribution in [3.63, 3.8) is 0 Å². The number of esters is 1. The molecule has 2 amide bonds. The van der Waals surface area contributed by atoms with Crippen LogP contribution in [-0.4, -0.2) is 90.1 Å². The number of fused-ring (bicyclic) bond motifs is 1. The molecule has 2 N–H and O–H groups in total. The standard InChI is InChI=1S/C32H42Cl2FN6O11P/c1-17(2)48-25(43)18(3)39-53(46,52-19-13-11-10-12-14-19)47-15-20-22(42)32(34,35)26(49-20)40-16-36-21-23(33)37-27(38-24(21)40)41(28(44)50-30(4,5)6)29(45)51-31(7,8)9/h10-14,16-18,20,22,26,42H,15H2,1-9H3,(H,39,46)/t18-,20+,22-,26+,32?,53?/m0/s1. The summed E-state index contributed by atoms with van der Waals surface area (Å²) in [4.78, 5) is 51.8. The van der Waals surface area contributed by atoms with Crippen LogP contribution in [0.3, 0.4) is 0 Å². The summed E-state index contributed by atoms with van der Waals surface area (Å²) in [6.07, 6.45) is -7.51. The molecule has 1 aliphatic heterocycles. The predicted molar refractivity (Wildman–Crippen MR) is 189 cm³/mol. The van der Waals surface area contributed by atoms with Crippen molar-refractivity contribution in [3.05, 3.63) is 41.8 Å². The maximum atomic E-state index is 16.3. The summed E-state index contributed by atoms with van der Waals surface area (Å²) < 4.78 is 64.1. The van der Waals surface area contributed by atoms with Crippen LogP contribution in [0.4, 0.5) is 19.9 Å². The van der Waals surface area contributed by atoms with Gasteiger partial charge in [-0.3, -0.25) is 13.9 Å². The number of anilines is 1. The van der Waals surface area contributed by atoms with Crippen LogP contribution in [0.1, 0.15) is 68.5 Å². The molecule has 1 aromatic carbocycles. The topological polar surface area (TPSA) is 203 Å². The van der Waals surface area contributed by atoms with Crippen molar-refractivity contribution < 1.29 is 56.4 Å². The molecule has 21 heteroatoms. The monoisotopic (exact) mass is 806 g/mol. The smallest absolute Gasteiger partial charge is 0.459 e. The Morgan fingerprint density at radius 2 is 1.66 bits per heavy atom. The van der Waals surface area contributed by atoms with Crippen molar-refractivity contribution in [1.82, 2.24) is 24.6 Å². The van der Waals surface area contributed by atoms with Gasteiger partial charge in [0.25, 0.3) is 5.13 Å². The minimum Gasteiger partial charge on any atom is -0.462 e. The third-order valence-electron chi connectivity index (χ3n) is 6.79. The molecule has 53 heavy (non-hydrogen) atoms. The number of carbonyl (C=O) groups excluding carboxylic acids is 3. The fourth-order valence-corrected chi connectivity index (χ4v) is 6.62. The highest BCUT2D eigenvalue weighted by atomic mass is 35.5. The number of aromatic nitrogens is 4. The van der Waals surface area contributed by atoms with E-state index in [1.165, 1.54) is 19.1 Å². The van der Waals surface area contributed by atoms with Crippen LogP contribution >= 0.6 is 30.9 Å². The van der Waals surface area contributed by atoms with Gasteiger partial charge in [-0.15, -0.1) is 4.90 Å². The van der Waals surface area contributed by atoms with Gasteiger partial charge in [-0.2, -0.15) is 15.1 Å². The van der Waals surface area contributed by atoms with Gasteiger partial charge in [-0.25, -0.2) is 23.5 Å². The molecule has 3 heterocycles. The third-order valence-corrected chi connectivity index (χ3v) is 9.10. The molecule has 2 aromatic heterocycles. The van der Waals surface area contributed by atoms with Gasteiger partial charge in [-0.1, -0.05) is 41.4 Å². The number of halogens is 3. The highest BCUT2D eigenvalue weighted by Crippen LogP contribution is 2.49. The lowest BCUT2D eigenvalue weighted by Crippen LogP contribution is -2.44. The molecular formula is C32H42Cl2FN6O11P.